The van der Waals surface area contributed by atoms with Crippen LogP contribution < -0.4 is 5.32 Å². The first-order valence-electron chi connectivity index (χ1n) is 9.81. The van der Waals surface area contributed by atoms with E-state index in [1.165, 1.54) is 32.1 Å². The van der Waals surface area contributed by atoms with Gasteiger partial charge in [-0.15, -0.1) is 5.10 Å². The molecule has 2 heterocycles. The van der Waals surface area contributed by atoms with Crippen LogP contribution >= 0.6 is 0 Å². The summed E-state index contributed by atoms with van der Waals surface area (Å²) in [5.74, 6) is 1.99. The SMILES string of the molecule is O=C(CCc1nc(C2CCCC2)no1)Nc1ncn(C2CCCCC2)n1. The molecular weight excluding hydrogens is 332 g/mol. The molecule has 2 aliphatic rings. The summed E-state index contributed by atoms with van der Waals surface area (Å²) in [4.78, 5) is 20.8. The quantitative estimate of drug-likeness (QED) is 0.850. The van der Waals surface area contributed by atoms with Gasteiger partial charge in [-0.25, -0.2) is 9.67 Å². The van der Waals surface area contributed by atoms with E-state index in [1.807, 2.05) is 4.68 Å². The Morgan fingerprint density at radius 2 is 1.92 bits per heavy atom. The van der Waals surface area contributed by atoms with Gasteiger partial charge in [0.25, 0.3) is 0 Å². The van der Waals surface area contributed by atoms with Crippen LogP contribution in [0.3, 0.4) is 0 Å². The molecule has 4 rings (SSSR count). The lowest BCUT2D eigenvalue weighted by Crippen LogP contribution is -2.16. The fourth-order valence-electron chi connectivity index (χ4n) is 3.98. The number of carbonyl (C=O) groups is 1. The Bertz CT molecular complexity index is 728. The third kappa shape index (κ3) is 4.11. The predicted octanol–water partition coefficient (Wildman–Crippen LogP) is 3.40. The van der Waals surface area contributed by atoms with Gasteiger partial charge in [-0.2, -0.15) is 4.98 Å². The minimum absolute atomic E-state index is 0.132. The maximum Gasteiger partial charge on any atom is 0.248 e. The molecule has 0 bridgehead atoms. The van der Waals surface area contributed by atoms with Crippen molar-refractivity contribution < 1.29 is 9.32 Å². The standard InChI is InChI=1S/C18H26N6O2/c25-15(10-11-16-21-17(23-26-16)13-6-4-5-7-13)20-18-19-12-24(22-18)14-8-2-1-3-9-14/h12-14H,1-11H2,(H,20,22,25). The van der Waals surface area contributed by atoms with Gasteiger partial charge in [-0.1, -0.05) is 37.3 Å². The van der Waals surface area contributed by atoms with Gasteiger partial charge in [-0.3, -0.25) is 10.1 Å². The number of hydrogen-bond donors (Lipinski definition) is 1. The molecule has 0 aromatic carbocycles. The van der Waals surface area contributed by atoms with E-state index in [9.17, 15) is 4.79 Å². The first kappa shape index (κ1) is 17.2. The van der Waals surface area contributed by atoms with E-state index in [-0.39, 0.29) is 12.3 Å². The third-order valence-electron chi connectivity index (χ3n) is 5.48. The molecule has 1 amide bonds. The molecule has 0 aliphatic heterocycles. The highest BCUT2D eigenvalue weighted by Crippen LogP contribution is 2.32. The van der Waals surface area contributed by atoms with Crippen LogP contribution in [0.2, 0.25) is 0 Å². The molecule has 2 aromatic rings. The van der Waals surface area contributed by atoms with Crippen LogP contribution in [-0.4, -0.2) is 30.8 Å². The summed E-state index contributed by atoms with van der Waals surface area (Å²) in [5, 5.41) is 11.2. The number of aryl methyl sites for hydroxylation is 1. The molecule has 2 fully saturated rings. The zero-order valence-corrected chi connectivity index (χ0v) is 15.1. The van der Waals surface area contributed by atoms with Crippen molar-refractivity contribution in [2.45, 2.75) is 82.6 Å². The van der Waals surface area contributed by atoms with Crippen molar-refractivity contribution in [2.75, 3.05) is 5.32 Å². The minimum Gasteiger partial charge on any atom is -0.339 e. The Hall–Kier alpha value is -2.25. The zero-order valence-electron chi connectivity index (χ0n) is 15.1. The molecule has 8 heteroatoms. The van der Waals surface area contributed by atoms with Gasteiger partial charge >= 0.3 is 0 Å². The number of amides is 1. The van der Waals surface area contributed by atoms with Crippen molar-refractivity contribution in [1.82, 2.24) is 24.9 Å². The lowest BCUT2D eigenvalue weighted by Gasteiger charge is -2.21. The topological polar surface area (TPSA) is 98.7 Å². The molecule has 2 aliphatic carbocycles. The maximum absolute atomic E-state index is 12.1. The van der Waals surface area contributed by atoms with Crippen LogP contribution in [-0.2, 0) is 11.2 Å². The van der Waals surface area contributed by atoms with E-state index >= 15 is 0 Å². The lowest BCUT2D eigenvalue weighted by atomic mass is 9.96. The fraction of sp³-hybridized carbons (Fsp3) is 0.722. The Balaban J connectivity index is 1.25. The molecule has 140 valence electrons. The van der Waals surface area contributed by atoms with Crippen molar-refractivity contribution in [2.24, 2.45) is 0 Å². The summed E-state index contributed by atoms with van der Waals surface area (Å²) < 4.78 is 7.17. The highest BCUT2D eigenvalue weighted by atomic mass is 16.5. The summed E-state index contributed by atoms with van der Waals surface area (Å²) in [6, 6.07) is 0.411. The number of anilines is 1. The largest absolute Gasteiger partial charge is 0.339 e. The summed E-state index contributed by atoms with van der Waals surface area (Å²) in [6.45, 7) is 0. The molecule has 2 aromatic heterocycles. The molecular formula is C18H26N6O2. The highest BCUT2D eigenvalue weighted by Gasteiger charge is 2.22. The van der Waals surface area contributed by atoms with Gasteiger partial charge in [0, 0.05) is 18.8 Å². The Morgan fingerprint density at radius 3 is 2.73 bits per heavy atom. The first-order valence-corrected chi connectivity index (χ1v) is 9.81. The van der Waals surface area contributed by atoms with E-state index in [4.69, 9.17) is 4.52 Å². The number of carbonyl (C=O) groups excluding carboxylic acids is 1. The van der Waals surface area contributed by atoms with E-state index < -0.39 is 0 Å². The van der Waals surface area contributed by atoms with Crippen LogP contribution in [0.25, 0.3) is 0 Å². The van der Waals surface area contributed by atoms with Gasteiger partial charge in [0.2, 0.25) is 17.7 Å². The third-order valence-corrected chi connectivity index (χ3v) is 5.48. The summed E-state index contributed by atoms with van der Waals surface area (Å²) in [7, 11) is 0. The maximum atomic E-state index is 12.1. The first-order chi connectivity index (χ1) is 12.8. The summed E-state index contributed by atoms with van der Waals surface area (Å²) in [5.41, 5.74) is 0. The van der Waals surface area contributed by atoms with Crippen LogP contribution in [0, 0.1) is 0 Å². The zero-order chi connectivity index (χ0) is 17.8. The monoisotopic (exact) mass is 358 g/mol. The number of hydrogen-bond acceptors (Lipinski definition) is 6. The molecule has 0 saturated heterocycles. The summed E-state index contributed by atoms with van der Waals surface area (Å²) >= 11 is 0. The number of rotatable bonds is 6. The van der Waals surface area contributed by atoms with Crippen LogP contribution in [0.1, 0.15) is 87.9 Å². The van der Waals surface area contributed by atoms with E-state index in [0.717, 1.165) is 31.5 Å². The summed E-state index contributed by atoms with van der Waals surface area (Å²) in [6.07, 6.45) is 13.2. The Labute approximate surface area is 152 Å². The normalized spacial score (nSPS) is 19.1. The molecule has 0 atom stereocenters. The van der Waals surface area contributed by atoms with Gasteiger partial charge in [0.05, 0.1) is 6.04 Å². The second-order valence-corrected chi connectivity index (χ2v) is 7.42. The molecule has 1 N–H and O–H groups in total. The van der Waals surface area contributed by atoms with Crippen molar-refractivity contribution >= 4 is 11.9 Å². The van der Waals surface area contributed by atoms with Crippen molar-refractivity contribution in [3.8, 4) is 0 Å². The average molecular weight is 358 g/mol. The van der Waals surface area contributed by atoms with Crippen LogP contribution in [0.4, 0.5) is 5.95 Å². The molecule has 0 radical (unpaired) electrons. The van der Waals surface area contributed by atoms with E-state index in [1.54, 1.807) is 6.33 Å². The average Bonchev–Trinajstić information content (AvgIpc) is 3.41. The Kier molecular flexibility index (Phi) is 5.26. The van der Waals surface area contributed by atoms with Crippen LogP contribution in [0.5, 0.6) is 0 Å². The van der Waals surface area contributed by atoms with Gasteiger partial charge in [0.1, 0.15) is 6.33 Å². The lowest BCUT2D eigenvalue weighted by molar-refractivity contribution is -0.116. The molecule has 0 spiro atoms. The molecule has 8 nitrogen and oxygen atoms in total. The van der Waals surface area contributed by atoms with Gasteiger partial charge in [0.15, 0.2) is 5.82 Å². The van der Waals surface area contributed by atoms with Crippen molar-refractivity contribution in [3.63, 3.8) is 0 Å². The molecule has 26 heavy (non-hydrogen) atoms. The molecule has 2 saturated carbocycles. The van der Waals surface area contributed by atoms with Crippen molar-refractivity contribution in [1.29, 1.82) is 0 Å². The van der Waals surface area contributed by atoms with Crippen LogP contribution in [0.15, 0.2) is 10.9 Å². The second kappa shape index (κ2) is 7.97. The molecule has 0 unspecified atom stereocenters. The van der Waals surface area contributed by atoms with Gasteiger partial charge < -0.3 is 4.52 Å². The van der Waals surface area contributed by atoms with E-state index in [2.05, 4.69) is 25.5 Å². The van der Waals surface area contributed by atoms with E-state index in [0.29, 0.717) is 30.2 Å². The second-order valence-electron chi connectivity index (χ2n) is 7.42. The Morgan fingerprint density at radius 1 is 1.15 bits per heavy atom. The number of aromatic nitrogens is 5. The highest BCUT2D eigenvalue weighted by molar-refractivity contribution is 5.88. The number of nitrogens with zero attached hydrogens (tertiary/aromatic N) is 5. The predicted molar refractivity (Wildman–Crippen MR) is 94.6 cm³/mol. The number of nitrogens with one attached hydrogen (secondary N) is 1. The minimum atomic E-state index is -0.132. The van der Waals surface area contributed by atoms with Gasteiger partial charge in [-0.05, 0) is 25.7 Å². The van der Waals surface area contributed by atoms with Crippen molar-refractivity contribution in [3.05, 3.63) is 18.0 Å². The fourth-order valence-corrected chi connectivity index (χ4v) is 3.98. The smallest absolute Gasteiger partial charge is 0.248 e.